The molecular weight excluding hydrogens is 254 g/mol. The van der Waals surface area contributed by atoms with Gasteiger partial charge in [0.1, 0.15) is 0 Å². The van der Waals surface area contributed by atoms with Crippen LogP contribution in [0.2, 0.25) is 5.02 Å². The number of H-pyrrole nitrogens is 1. The molecule has 1 aromatic carbocycles. The third-order valence-corrected chi connectivity index (χ3v) is 3.32. The molecule has 0 radical (unpaired) electrons. The Morgan fingerprint density at radius 2 is 2.22 bits per heavy atom. The van der Waals surface area contributed by atoms with Crippen LogP contribution in [0.3, 0.4) is 0 Å². The summed E-state index contributed by atoms with van der Waals surface area (Å²) in [5, 5.41) is 11.4. The number of hydrogen-bond acceptors (Lipinski definition) is 3. The Labute approximate surface area is 110 Å². The van der Waals surface area contributed by atoms with Crippen molar-refractivity contribution in [1.29, 1.82) is 0 Å². The van der Waals surface area contributed by atoms with E-state index in [-0.39, 0.29) is 5.92 Å². The number of benzene rings is 1. The summed E-state index contributed by atoms with van der Waals surface area (Å²) in [6, 6.07) is 5.45. The average Bonchev–Trinajstić information content (AvgIpc) is 2.78. The number of methoxy groups -OCH3 is 1. The summed E-state index contributed by atoms with van der Waals surface area (Å²) in [6.45, 7) is 1.77. The van der Waals surface area contributed by atoms with Gasteiger partial charge in [0.2, 0.25) is 0 Å². The molecule has 0 bridgehead atoms. The van der Waals surface area contributed by atoms with Gasteiger partial charge in [-0.25, -0.2) is 4.79 Å². The monoisotopic (exact) mass is 267 g/mol. The highest BCUT2D eigenvalue weighted by Crippen LogP contribution is 2.29. The number of carbonyl (C=O) groups excluding carboxylic acids is 1. The van der Waals surface area contributed by atoms with Crippen LogP contribution >= 0.6 is 11.6 Å². The minimum Gasteiger partial charge on any atom is -0.467 e. The fraction of sp³-hybridized carbons (Fsp3) is 0.308. The molecule has 0 aliphatic heterocycles. The predicted molar refractivity (Wildman–Crippen MR) is 69.7 cm³/mol. The van der Waals surface area contributed by atoms with Crippen LogP contribution in [0.5, 0.6) is 0 Å². The lowest BCUT2D eigenvalue weighted by atomic mass is 9.95. The van der Waals surface area contributed by atoms with E-state index in [0.29, 0.717) is 5.02 Å². The van der Waals surface area contributed by atoms with Crippen LogP contribution in [0.15, 0.2) is 24.4 Å². The maximum atomic E-state index is 11.3. The number of esters is 1. The lowest BCUT2D eigenvalue weighted by Gasteiger charge is -2.16. The molecule has 5 heteroatoms. The molecule has 2 N–H and O–H groups in total. The average molecular weight is 268 g/mol. The van der Waals surface area contributed by atoms with Crippen LogP contribution in [0.25, 0.3) is 10.9 Å². The molecule has 0 fully saturated rings. The molecule has 18 heavy (non-hydrogen) atoms. The van der Waals surface area contributed by atoms with E-state index < -0.39 is 12.1 Å². The summed E-state index contributed by atoms with van der Waals surface area (Å²) in [5.74, 6) is -1.01. The number of halogens is 1. The van der Waals surface area contributed by atoms with Gasteiger partial charge in [0.05, 0.1) is 7.11 Å². The first-order valence-electron chi connectivity index (χ1n) is 5.57. The Bertz CT molecular complexity index is 579. The van der Waals surface area contributed by atoms with Gasteiger partial charge in [0, 0.05) is 28.0 Å². The highest BCUT2D eigenvalue weighted by molar-refractivity contribution is 6.31. The number of fused-ring (bicyclic) bond motifs is 1. The fourth-order valence-electron chi connectivity index (χ4n) is 1.99. The molecule has 0 spiro atoms. The highest BCUT2D eigenvalue weighted by atomic mass is 35.5. The number of nitrogens with one attached hydrogen (secondary N) is 1. The maximum Gasteiger partial charge on any atom is 0.335 e. The van der Waals surface area contributed by atoms with E-state index in [2.05, 4.69) is 9.72 Å². The predicted octanol–water partition coefficient (Wildman–Crippen LogP) is 2.46. The zero-order valence-electron chi connectivity index (χ0n) is 10.1. The van der Waals surface area contributed by atoms with Gasteiger partial charge in [-0.1, -0.05) is 18.5 Å². The van der Waals surface area contributed by atoms with E-state index >= 15 is 0 Å². The quantitative estimate of drug-likeness (QED) is 0.840. The third kappa shape index (κ3) is 2.21. The van der Waals surface area contributed by atoms with Crippen molar-refractivity contribution in [2.24, 2.45) is 0 Å². The summed E-state index contributed by atoms with van der Waals surface area (Å²) in [6.07, 6.45) is 0.589. The standard InChI is InChI=1S/C13H14ClNO3/c1-7(12(16)13(17)18-2)10-6-15-11-4-3-8(14)5-9(10)11/h3-7,12,15-16H,1-2H3/t7-,12+/m0/s1. The maximum absolute atomic E-state index is 11.3. The van der Waals surface area contributed by atoms with Crippen molar-refractivity contribution in [1.82, 2.24) is 4.98 Å². The largest absolute Gasteiger partial charge is 0.467 e. The van der Waals surface area contributed by atoms with Crippen LogP contribution in [0.4, 0.5) is 0 Å². The lowest BCUT2D eigenvalue weighted by Crippen LogP contribution is -2.27. The number of ether oxygens (including phenoxy) is 1. The van der Waals surface area contributed by atoms with Crippen LogP contribution in [0, 0.1) is 0 Å². The van der Waals surface area contributed by atoms with Gasteiger partial charge in [0.15, 0.2) is 6.10 Å². The second-order valence-corrected chi connectivity index (χ2v) is 4.63. The molecule has 2 rings (SSSR count). The number of aromatic amines is 1. The molecule has 0 aliphatic carbocycles. The third-order valence-electron chi connectivity index (χ3n) is 3.08. The minimum absolute atomic E-state index is 0.371. The molecule has 0 saturated carbocycles. The number of aliphatic hydroxyl groups excluding tert-OH is 1. The molecule has 1 aromatic heterocycles. The van der Waals surface area contributed by atoms with Crippen molar-refractivity contribution in [2.75, 3.05) is 7.11 Å². The SMILES string of the molecule is COC(=O)[C@H](O)[C@@H](C)c1c[nH]c2ccc(Cl)cc12. The second-order valence-electron chi connectivity index (χ2n) is 4.19. The Morgan fingerprint density at radius 3 is 2.89 bits per heavy atom. The van der Waals surface area contributed by atoms with Gasteiger partial charge in [-0.2, -0.15) is 0 Å². The highest BCUT2D eigenvalue weighted by Gasteiger charge is 2.26. The number of aromatic nitrogens is 1. The number of carbonyl (C=O) groups is 1. The van der Waals surface area contributed by atoms with Crippen molar-refractivity contribution >= 4 is 28.5 Å². The van der Waals surface area contributed by atoms with Crippen molar-refractivity contribution in [3.05, 3.63) is 35.0 Å². The Kier molecular flexibility index (Phi) is 3.59. The topological polar surface area (TPSA) is 62.3 Å². The second kappa shape index (κ2) is 5.00. The Balaban J connectivity index is 2.41. The zero-order valence-corrected chi connectivity index (χ0v) is 10.9. The summed E-state index contributed by atoms with van der Waals surface area (Å²) in [7, 11) is 1.25. The van der Waals surface area contributed by atoms with E-state index in [4.69, 9.17) is 11.6 Å². The van der Waals surface area contributed by atoms with Gasteiger partial charge in [-0.15, -0.1) is 0 Å². The first kappa shape index (κ1) is 12.9. The molecule has 4 nitrogen and oxygen atoms in total. The Hall–Kier alpha value is -1.52. The number of rotatable bonds is 3. The molecule has 2 atom stereocenters. The van der Waals surface area contributed by atoms with Crippen LogP contribution in [-0.4, -0.2) is 29.3 Å². The lowest BCUT2D eigenvalue weighted by molar-refractivity contribution is -0.151. The fourth-order valence-corrected chi connectivity index (χ4v) is 2.16. The number of aliphatic hydroxyl groups is 1. The summed E-state index contributed by atoms with van der Waals surface area (Å²) in [4.78, 5) is 14.4. The van der Waals surface area contributed by atoms with E-state index in [1.807, 2.05) is 12.1 Å². The van der Waals surface area contributed by atoms with Crippen LogP contribution in [0.1, 0.15) is 18.4 Å². The van der Waals surface area contributed by atoms with E-state index in [0.717, 1.165) is 16.5 Å². The van der Waals surface area contributed by atoms with Gasteiger partial charge in [0.25, 0.3) is 0 Å². The summed E-state index contributed by atoms with van der Waals surface area (Å²) < 4.78 is 4.54. The van der Waals surface area contributed by atoms with Crippen molar-refractivity contribution < 1.29 is 14.6 Å². The molecule has 0 saturated heterocycles. The van der Waals surface area contributed by atoms with Crippen LogP contribution < -0.4 is 0 Å². The van der Waals surface area contributed by atoms with Gasteiger partial charge >= 0.3 is 5.97 Å². The summed E-state index contributed by atoms with van der Waals surface area (Å²) >= 11 is 5.95. The van der Waals surface area contributed by atoms with Gasteiger partial charge in [-0.3, -0.25) is 0 Å². The van der Waals surface area contributed by atoms with E-state index in [1.165, 1.54) is 7.11 Å². The first-order chi connectivity index (χ1) is 8.54. The van der Waals surface area contributed by atoms with Crippen molar-refractivity contribution in [3.63, 3.8) is 0 Å². The first-order valence-corrected chi connectivity index (χ1v) is 5.95. The number of hydrogen-bond donors (Lipinski definition) is 2. The smallest absolute Gasteiger partial charge is 0.335 e. The minimum atomic E-state index is -1.19. The molecule has 2 aromatic rings. The normalized spacial score (nSPS) is 14.4. The van der Waals surface area contributed by atoms with Crippen molar-refractivity contribution in [2.45, 2.75) is 18.9 Å². The molecule has 96 valence electrons. The molecule has 0 aliphatic rings. The molecule has 1 heterocycles. The van der Waals surface area contributed by atoms with E-state index in [9.17, 15) is 9.90 Å². The molecule has 0 unspecified atom stereocenters. The Morgan fingerprint density at radius 1 is 1.50 bits per heavy atom. The zero-order chi connectivity index (χ0) is 13.3. The van der Waals surface area contributed by atoms with Gasteiger partial charge in [-0.05, 0) is 23.8 Å². The van der Waals surface area contributed by atoms with Crippen molar-refractivity contribution in [3.8, 4) is 0 Å². The molecule has 0 amide bonds. The molecular formula is C13H14ClNO3. The van der Waals surface area contributed by atoms with E-state index in [1.54, 1.807) is 19.2 Å². The van der Waals surface area contributed by atoms with Crippen LogP contribution in [-0.2, 0) is 9.53 Å². The summed E-state index contributed by atoms with van der Waals surface area (Å²) in [5.41, 5.74) is 1.75. The van der Waals surface area contributed by atoms with Gasteiger partial charge < -0.3 is 14.8 Å².